The fourth-order valence-electron chi connectivity index (χ4n) is 3.21. The second-order valence-corrected chi connectivity index (χ2v) is 5.75. The molecule has 0 spiro atoms. The van der Waals surface area contributed by atoms with E-state index >= 15 is 0 Å². The fourth-order valence-corrected chi connectivity index (χ4v) is 3.21. The Labute approximate surface area is 139 Å². The summed E-state index contributed by atoms with van der Waals surface area (Å²) in [6.07, 6.45) is 8.61. The topological polar surface area (TPSA) is 74.8 Å². The molecule has 0 unspecified atom stereocenters. The van der Waals surface area contributed by atoms with Gasteiger partial charge in [0.25, 0.3) is 5.91 Å². The maximum atomic E-state index is 12.9. The van der Waals surface area contributed by atoms with Gasteiger partial charge in [0.2, 0.25) is 0 Å². The van der Waals surface area contributed by atoms with Gasteiger partial charge in [-0.3, -0.25) is 9.78 Å². The van der Waals surface area contributed by atoms with Crippen molar-refractivity contribution in [3.05, 3.63) is 66.4 Å². The van der Waals surface area contributed by atoms with Crippen LogP contribution >= 0.6 is 0 Å². The third-order valence-corrected chi connectivity index (χ3v) is 4.30. The maximum Gasteiger partial charge on any atom is 0.254 e. The lowest BCUT2D eigenvalue weighted by atomic mass is 10.1. The average molecular weight is 319 g/mol. The van der Waals surface area contributed by atoms with E-state index in [1.165, 1.54) is 0 Å². The Kier molecular flexibility index (Phi) is 3.78. The number of amides is 1. The number of carbonyl (C=O) groups excluding carboxylic acids is 1. The van der Waals surface area contributed by atoms with Crippen LogP contribution in [0.1, 0.15) is 34.9 Å². The van der Waals surface area contributed by atoms with E-state index in [1.807, 2.05) is 35.2 Å². The van der Waals surface area contributed by atoms with E-state index in [9.17, 15) is 4.79 Å². The maximum absolute atomic E-state index is 12.9. The van der Waals surface area contributed by atoms with Gasteiger partial charge in [0.15, 0.2) is 5.82 Å². The molecule has 120 valence electrons. The summed E-state index contributed by atoms with van der Waals surface area (Å²) in [7, 11) is 0. The van der Waals surface area contributed by atoms with Gasteiger partial charge in [-0.2, -0.15) is 0 Å². The zero-order chi connectivity index (χ0) is 16.4. The number of aromatic nitrogens is 4. The van der Waals surface area contributed by atoms with Gasteiger partial charge < -0.3 is 9.88 Å². The lowest BCUT2D eigenvalue weighted by Crippen LogP contribution is -2.31. The van der Waals surface area contributed by atoms with Gasteiger partial charge in [0.1, 0.15) is 5.69 Å². The number of nitrogens with zero attached hydrogens (tertiary/aromatic N) is 4. The fraction of sp³-hybridized carbons (Fsp3) is 0.222. The highest BCUT2D eigenvalue weighted by atomic mass is 16.2. The van der Waals surface area contributed by atoms with Crippen molar-refractivity contribution in [3.63, 3.8) is 0 Å². The van der Waals surface area contributed by atoms with Gasteiger partial charge in [-0.1, -0.05) is 18.2 Å². The predicted molar refractivity (Wildman–Crippen MR) is 89.1 cm³/mol. The summed E-state index contributed by atoms with van der Waals surface area (Å²) >= 11 is 0. The van der Waals surface area contributed by atoms with E-state index in [4.69, 9.17) is 0 Å². The van der Waals surface area contributed by atoms with E-state index in [0.29, 0.717) is 17.1 Å². The number of rotatable bonds is 3. The highest BCUT2D eigenvalue weighted by molar-refractivity contribution is 5.94. The van der Waals surface area contributed by atoms with Crippen LogP contribution in [0, 0.1) is 0 Å². The molecule has 0 aliphatic carbocycles. The summed E-state index contributed by atoms with van der Waals surface area (Å²) < 4.78 is 0. The van der Waals surface area contributed by atoms with Crippen molar-refractivity contribution in [3.8, 4) is 11.5 Å². The largest absolute Gasteiger partial charge is 0.343 e. The Balaban J connectivity index is 1.70. The Morgan fingerprint density at radius 2 is 1.92 bits per heavy atom. The highest BCUT2D eigenvalue weighted by Gasteiger charge is 2.33. The minimum Gasteiger partial charge on any atom is -0.343 e. The molecule has 6 nitrogen and oxygen atoms in total. The van der Waals surface area contributed by atoms with Crippen molar-refractivity contribution < 1.29 is 4.79 Å². The summed E-state index contributed by atoms with van der Waals surface area (Å²) in [6.45, 7) is 0.729. The predicted octanol–water partition coefficient (Wildman–Crippen LogP) is 2.84. The van der Waals surface area contributed by atoms with E-state index in [2.05, 4.69) is 19.9 Å². The molecule has 0 saturated carbocycles. The van der Waals surface area contributed by atoms with Crippen molar-refractivity contribution in [2.75, 3.05) is 6.54 Å². The van der Waals surface area contributed by atoms with Gasteiger partial charge in [0.05, 0.1) is 11.7 Å². The molecule has 0 bridgehead atoms. The Bertz CT molecular complexity index is 832. The molecule has 3 heterocycles. The monoisotopic (exact) mass is 319 g/mol. The van der Waals surface area contributed by atoms with Crippen LogP contribution < -0.4 is 0 Å². The van der Waals surface area contributed by atoms with Crippen molar-refractivity contribution in [1.82, 2.24) is 24.8 Å². The van der Waals surface area contributed by atoms with Crippen LogP contribution in [0.5, 0.6) is 0 Å². The number of aromatic amines is 1. The van der Waals surface area contributed by atoms with Crippen LogP contribution in [0.4, 0.5) is 0 Å². The number of H-pyrrole nitrogens is 1. The van der Waals surface area contributed by atoms with Crippen LogP contribution in [0.15, 0.2) is 55.1 Å². The Morgan fingerprint density at radius 1 is 1.08 bits per heavy atom. The van der Waals surface area contributed by atoms with Gasteiger partial charge in [-0.05, 0) is 25.0 Å². The molecule has 1 N–H and O–H groups in total. The summed E-state index contributed by atoms with van der Waals surface area (Å²) in [5, 5.41) is 0. The lowest BCUT2D eigenvalue weighted by Gasteiger charge is -2.25. The highest BCUT2D eigenvalue weighted by Crippen LogP contribution is 2.35. The first-order chi connectivity index (χ1) is 11.8. The summed E-state index contributed by atoms with van der Waals surface area (Å²) in [6, 6.07) is 9.30. The molecule has 3 aromatic rings. The van der Waals surface area contributed by atoms with Gasteiger partial charge >= 0.3 is 0 Å². The number of carbonyl (C=O) groups is 1. The molecule has 4 rings (SSSR count). The minimum absolute atomic E-state index is 0.0362. The minimum atomic E-state index is -0.0773. The smallest absolute Gasteiger partial charge is 0.254 e. The molecule has 1 aliphatic heterocycles. The molecular formula is C18H17N5O. The second kappa shape index (κ2) is 6.23. The molecule has 6 heteroatoms. The standard InChI is InChI=1S/C18H17N5O/c24-18(13-5-2-1-3-6-13)23-12-4-7-14(23)15-16(20-9-8-19-15)17-21-10-11-22-17/h1-3,5-6,8-11,14H,4,7,12H2,(H,21,22)/t14-/m1/s1. The van der Waals surface area contributed by atoms with Crippen molar-refractivity contribution in [1.29, 1.82) is 0 Å². The zero-order valence-electron chi connectivity index (χ0n) is 13.1. The van der Waals surface area contributed by atoms with E-state index in [-0.39, 0.29) is 11.9 Å². The first kappa shape index (κ1) is 14.6. The van der Waals surface area contributed by atoms with Crippen LogP contribution in [0.25, 0.3) is 11.5 Å². The Hall–Kier alpha value is -3.02. The molecule has 0 radical (unpaired) electrons. The number of likely N-dealkylation sites (tertiary alicyclic amines) is 1. The first-order valence-electron chi connectivity index (χ1n) is 8.01. The van der Waals surface area contributed by atoms with Crippen LogP contribution in [-0.2, 0) is 0 Å². The van der Waals surface area contributed by atoms with Gasteiger partial charge in [0, 0.05) is 36.9 Å². The van der Waals surface area contributed by atoms with Crippen LogP contribution in [0.3, 0.4) is 0 Å². The first-order valence-corrected chi connectivity index (χ1v) is 8.01. The molecule has 1 atom stereocenters. The number of benzene rings is 1. The van der Waals surface area contributed by atoms with Gasteiger partial charge in [-0.15, -0.1) is 0 Å². The molecular weight excluding hydrogens is 302 g/mol. The molecule has 1 aromatic carbocycles. The lowest BCUT2D eigenvalue weighted by molar-refractivity contribution is 0.0733. The third-order valence-electron chi connectivity index (χ3n) is 4.30. The molecule has 1 saturated heterocycles. The number of imidazole rings is 1. The Morgan fingerprint density at radius 3 is 2.71 bits per heavy atom. The van der Waals surface area contributed by atoms with Crippen LogP contribution in [0.2, 0.25) is 0 Å². The molecule has 2 aromatic heterocycles. The number of nitrogens with one attached hydrogen (secondary N) is 1. The zero-order valence-corrected chi connectivity index (χ0v) is 13.1. The van der Waals surface area contributed by atoms with Crippen molar-refractivity contribution in [2.24, 2.45) is 0 Å². The summed E-state index contributed by atoms with van der Waals surface area (Å²) in [5.74, 6) is 0.714. The van der Waals surface area contributed by atoms with Gasteiger partial charge in [-0.25, -0.2) is 9.97 Å². The third kappa shape index (κ3) is 2.56. The molecule has 1 amide bonds. The normalized spacial score (nSPS) is 17.2. The molecule has 1 fully saturated rings. The summed E-state index contributed by atoms with van der Waals surface area (Å²) in [4.78, 5) is 31.1. The van der Waals surface area contributed by atoms with E-state index in [1.54, 1.807) is 24.8 Å². The SMILES string of the molecule is O=C(c1ccccc1)N1CCC[C@@H]1c1nccnc1-c1ncc[nH]1. The molecule has 24 heavy (non-hydrogen) atoms. The van der Waals surface area contributed by atoms with Crippen molar-refractivity contribution in [2.45, 2.75) is 18.9 Å². The number of hydrogen-bond acceptors (Lipinski definition) is 4. The summed E-state index contributed by atoms with van der Waals surface area (Å²) in [5.41, 5.74) is 2.21. The van der Waals surface area contributed by atoms with E-state index in [0.717, 1.165) is 25.1 Å². The second-order valence-electron chi connectivity index (χ2n) is 5.75. The van der Waals surface area contributed by atoms with Crippen molar-refractivity contribution >= 4 is 5.91 Å². The number of hydrogen-bond donors (Lipinski definition) is 1. The average Bonchev–Trinajstić information content (AvgIpc) is 3.33. The molecule has 1 aliphatic rings. The van der Waals surface area contributed by atoms with Crippen LogP contribution in [-0.4, -0.2) is 37.3 Å². The quantitative estimate of drug-likeness (QED) is 0.805. The van der Waals surface area contributed by atoms with E-state index < -0.39 is 0 Å².